The number of para-hydroxylation sites is 2. The molecule has 0 saturated carbocycles. The Morgan fingerprint density at radius 3 is 2.42 bits per heavy atom. The van der Waals surface area contributed by atoms with Crippen LogP contribution in [0.5, 0.6) is 11.5 Å². The number of rotatable bonds is 3. The third-order valence-electron chi connectivity index (χ3n) is 1.23. The molecule has 0 radical (unpaired) electrons. The average molecular weight is 203 g/mol. The Labute approximate surface area is 77.2 Å². The van der Waals surface area contributed by atoms with Crippen LogP contribution in [0.25, 0.3) is 0 Å². The molecule has 0 aromatic heterocycles. The van der Waals surface area contributed by atoms with Crippen LogP contribution in [-0.2, 0) is 25.0 Å². The lowest BCUT2D eigenvalue weighted by Crippen LogP contribution is -1.91. The average Bonchev–Trinajstić information content (AvgIpc) is 2.04. The Bertz CT molecular complexity index is 325. The summed E-state index contributed by atoms with van der Waals surface area (Å²) in [7, 11) is -0.217. The van der Waals surface area contributed by atoms with Crippen LogP contribution in [0.3, 0.4) is 0 Å². The van der Waals surface area contributed by atoms with E-state index in [-0.39, 0.29) is 0 Å². The van der Waals surface area contributed by atoms with Gasteiger partial charge in [0.2, 0.25) is 0 Å². The van der Waals surface area contributed by atoms with Crippen molar-refractivity contribution in [3.8, 4) is 11.5 Å². The first-order chi connectivity index (χ1) is 5.74. The fourth-order valence-corrected chi connectivity index (χ4v) is 1.27. The van der Waals surface area contributed by atoms with Crippen molar-refractivity contribution in [2.75, 3.05) is 7.11 Å². The van der Waals surface area contributed by atoms with Crippen LogP contribution < -0.4 is 8.92 Å². The predicted molar refractivity (Wildman–Crippen MR) is 49.0 cm³/mol. The molecule has 12 heavy (non-hydrogen) atoms. The molecule has 0 aliphatic rings. The Kier molecular flexibility index (Phi) is 3.31. The summed E-state index contributed by atoms with van der Waals surface area (Å²) in [6, 6.07) is 6.89. The number of hydrogen-bond donors (Lipinski definition) is 0. The number of benzene rings is 1. The molecule has 0 heterocycles. The molecule has 0 spiro atoms. The van der Waals surface area contributed by atoms with Crippen LogP contribution in [0, 0.1) is 0 Å². The summed E-state index contributed by atoms with van der Waals surface area (Å²) < 4.78 is 20.3. The van der Waals surface area contributed by atoms with E-state index in [1.165, 1.54) is 7.11 Å². The smallest absolute Gasteiger partial charge is 0.159 e. The van der Waals surface area contributed by atoms with E-state index in [4.69, 9.17) is 8.92 Å². The van der Waals surface area contributed by atoms with Crippen LogP contribution in [0.4, 0.5) is 0 Å². The first-order valence-electron chi connectivity index (χ1n) is 3.14. The normalized spacial score (nSPS) is 9.83. The predicted octanol–water partition coefficient (Wildman–Crippen LogP) is 1.41. The van der Waals surface area contributed by atoms with Gasteiger partial charge in [-0.1, -0.05) is 12.1 Å². The van der Waals surface area contributed by atoms with E-state index >= 15 is 0 Å². The van der Waals surface area contributed by atoms with E-state index in [1.807, 2.05) is 0 Å². The Hall–Kier alpha value is -0.810. The molecule has 0 fully saturated rings. The summed E-state index contributed by atoms with van der Waals surface area (Å²) in [5.41, 5.74) is 0. The van der Waals surface area contributed by atoms with Crippen molar-refractivity contribution < 1.29 is 13.1 Å². The maximum Gasteiger partial charge on any atom is 0.159 e. The molecular formula is C7H7O3S2-. The van der Waals surface area contributed by atoms with E-state index < -0.39 is 9.64 Å². The van der Waals surface area contributed by atoms with Crippen LogP contribution in [-0.4, -0.2) is 7.11 Å². The zero-order valence-electron chi connectivity index (χ0n) is 6.35. The van der Waals surface area contributed by atoms with E-state index in [1.54, 1.807) is 24.3 Å². The maximum absolute atomic E-state index is 10.5. The molecule has 0 amide bonds. The molecule has 0 atom stereocenters. The summed E-state index contributed by atoms with van der Waals surface area (Å²) in [6.07, 6.45) is 0. The molecule has 5 heteroatoms. The van der Waals surface area contributed by atoms with Gasteiger partial charge in [0.1, 0.15) is 5.75 Å². The van der Waals surface area contributed by atoms with Gasteiger partial charge in [0.25, 0.3) is 0 Å². The zero-order valence-corrected chi connectivity index (χ0v) is 7.98. The van der Waals surface area contributed by atoms with Crippen LogP contribution in [0.1, 0.15) is 0 Å². The van der Waals surface area contributed by atoms with Crippen LogP contribution in [0.2, 0.25) is 0 Å². The second kappa shape index (κ2) is 4.27. The third-order valence-corrected chi connectivity index (χ3v) is 1.75. The van der Waals surface area contributed by atoms with Gasteiger partial charge in [0, 0.05) is 0 Å². The molecule has 0 bridgehead atoms. The summed E-state index contributed by atoms with van der Waals surface area (Å²) in [5.74, 6) is 0.920. The molecular weight excluding hydrogens is 196 g/mol. The van der Waals surface area contributed by atoms with Crippen molar-refractivity contribution in [1.82, 2.24) is 0 Å². The van der Waals surface area contributed by atoms with Gasteiger partial charge in [-0.2, -0.15) is 11.2 Å². The summed E-state index contributed by atoms with van der Waals surface area (Å²) in [6.45, 7) is 0. The molecule has 66 valence electrons. The van der Waals surface area contributed by atoms with Gasteiger partial charge < -0.3 is 13.1 Å². The lowest BCUT2D eigenvalue weighted by molar-refractivity contribution is 0.397. The van der Waals surface area contributed by atoms with Crippen molar-refractivity contribution in [2.45, 2.75) is 0 Å². The van der Waals surface area contributed by atoms with Gasteiger partial charge in [0.15, 0.2) is 5.75 Å². The van der Waals surface area contributed by atoms with E-state index in [9.17, 15) is 4.21 Å². The minimum Gasteiger partial charge on any atom is -0.549 e. The standard InChI is InChI=1S/C7H7O3S2/c1-9-6-4-2-3-5-7(6)10-12(8)11/h2-5H,1H3/q-1. The fraction of sp³-hybridized carbons (Fsp3) is 0.143. The molecule has 0 saturated heterocycles. The zero-order chi connectivity index (χ0) is 8.97. The maximum atomic E-state index is 10.5. The second-order valence-electron chi connectivity index (χ2n) is 1.94. The molecule has 0 unspecified atom stereocenters. The van der Waals surface area contributed by atoms with Gasteiger partial charge in [-0.15, -0.1) is 0 Å². The highest BCUT2D eigenvalue weighted by Gasteiger charge is 1.97. The van der Waals surface area contributed by atoms with E-state index in [0.717, 1.165) is 0 Å². The van der Waals surface area contributed by atoms with Gasteiger partial charge in [-0.3, -0.25) is 0 Å². The van der Waals surface area contributed by atoms with Crippen LogP contribution >= 0.6 is 0 Å². The molecule has 3 nitrogen and oxygen atoms in total. The van der Waals surface area contributed by atoms with Gasteiger partial charge in [-0.05, 0) is 21.8 Å². The molecule has 1 rings (SSSR count). The second-order valence-corrected chi connectivity index (χ2v) is 3.33. The Morgan fingerprint density at radius 2 is 1.92 bits per heavy atom. The van der Waals surface area contributed by atoms with Crippen molar-refractivity contribution in [1.29, 1.82) is 0 Å². The van der Waals surface area contributed by atoms with Crippen molar-refractivity contribution in [2.24, 2.45) is 0 Å². The Morgan fingerprint density at radius 1 is 1.33 bits per heavy atom. The third kappa shape index (κ3) is 2.35. The minimum absolute atomic E-state index is 0.397. The largest absolute Gasteiger partial charge is 0.549 e. The molecule has 1 aromatic rings. The van der Waals surface area contributed by atoms with Crippen LogP contribution in [0.15, 0.2) is 24.3 Å². The molecule has 0 aliphatic carbocycles. The topological polar surface area (TPSA) is 35.5 Å². The van der Waals surface area contributed by atoms with Gasteiger partial charge in [-0.25, -0.2) is 0 Å². The monoisotopic (exact) mass is 203 g/mol. The first kappa shape index (κ1) is 9.28. The van der Waals surface area contributed by atoms with E-state index in [2.05, 4.69) is 11.2 Å². The summed E-state index contributed by atoms with van der Waals surface area (Å²) >= 11 is 4.36. The quantitative estimate of drug-likeness (QED) is 0.696. The number of ether oxygens (including phenoxy) is 1. The lowest BCUT2D eigenvalue weighted by atomic mass is 10.3. The first-order valence-corrected chi connectivity index (χ1v) is 5.14. The minimum atomic E-state index is -1.73. The highest BCUT2D eigenvalue weighted by molar-refractivity contribution is 8.19. The molecule has 0 N–H and O–H groups in total. The highest BCUT2D eigenvalue weighted by Crippen LogP contribution is 2.25. The van der Waals surface area contributed by atoms with Gasteiger partial charge >= 0.3 is 0 Å². The lowest BCUT2D eigenvalue weighted by Gasteiger charge is -2.10. The van der Waals surface area contributed by atoms with Crippen molar-refractivity contribution in [3.05, 3.63) is 24.3 Å². The Balaban J connectivity index is 2.96. The summed E-state index contributed by atoms with van der Waals surface area (Å²) in [5, 5.41) is 0. The highest BCUT2D eigenvalue weighted by atomic mass is 32.8. The van der Waals surface area contributed by atoms with Crippen molar-refractivity contribution in [3.63, 3.8) is 0 Å². The number of methoxy groups -OCH3 is 1. The molecule has 1 aromatic carbocycles. The van der Waals surface area contributed by atoms with Crippen molar-refractivity contribution >= 4 is 20.8 Å². The summed E-state index contributed by atoms with van der Waals surface area (Å²) in [4.78, 5) is 0. The number of hydrogen-bond acceptors (Lipinski definition) is 5. The SMILES string of the molecule is COc1ccccc1O[S-](=O)=S. The van der Waals surface area contributed by atoms with Gasteiger partial charge in [0.05, 0.1) is 7.11 Å². The molecule has 0 aliphatic heterocycles. The fourth-order valence-electron chi connectivity index (χ4n) is 0.761. The van der Waals surface area contributed by atoms with E-state index in [0.29, 0.717) is 11.5 Å².